The number of nitrogens with two attached hydrogens (primary N) is 2. The van der Waals surface area contributed by atoms with Crippen molar-refractivity contribution < 1.29 is 10.2 Å². The molecule has 4 heteroatoms. The van der Waals surface area contributed by atoms with Gasteiger partial charge < -0.3 is 21.7 Å². The summed E-state index contributed by atoms with van der Waals surface area (Å²) in [5.74, 6) is 0.0722. The molecule has 0 saturated heterocycles. The van der Waals surface area contributed by atoms with Crippen molar-refractivity contribution in [1.82, 2.24) is 0 Å². The highest BCUT2D eigenvalue weighted by molar-refractivity contribution is 5.67. The van der Waals surface area contributed by atoms with Crippen molar-refractivity contribution in [3.8, 4) is 11.5 Å². The Morgan fingerprint density at radius 1 is 0.483 bits per heavy atom. The summed E-state index contributed by atoms with van der Waals surface area (Å²) in [5, 5.41) is 20.0. The molecule has 0 fully saturated rings. The number of hydrogen-bond donors (Lipinski definition) is 4. The monoisotopic (exact) mass is 382 g/mol. The molecule has 6 N–H and O–H groups in total. The molecule has 29 heavy (non-hydrogen) atoms. The van der Waals surface area contributed by atoms with Gasteiger partial charge in [0.05, 0.1) is 16.8 Å². The van der Waals surface area contributed by atoms with Crippen LogP contribution >= 0.6 is 0 Å². The Morgan fingerprint density at radius 3 is 1.21 bits per heavy atom. The van der Waals surface area contributed by atoms with Crippen LogP contribution in [0.5, 0.6) is 11.5 Å². The fourth-order valence-corrected chi connectivity index (χ4v) is 3.95. The molecule has 4 nitrogen and oxygen atoms in total. The van der Waals surface area contributed by atoms with E-state index in [0.717, 1.165) is 22.3 Å². The topological polar surface area (TPSA) is 92.5 Å². The average Bonchev–Trinajstić information content (AvgIpc) is 2.75. The van der Waals surface area contributed by atoms with E-state index >= 15 is 0 Å². The van der Waals surface area contributed by atoms with E-state index in [-0.39, 0.29) is 11.5 Å². The Labute approximate surface area is 169 Å². The van der Waals surface area contributed by atoms with Gasteiger partial charge in [0.2, 0.25) is 0 Å². The van der Waals surface area contributed by atoms with Crippen LogP contribution in [0.15, 0.2) is 97.1 Å². The first-order valence-corrected chi connectivity index (χ1v) is 9.32. The SMILES string of the molecule is Nc1cc(C(c2ccccc2)(c2ccccc2)c2ccc(O)c(N)c2)ccc1O. The van der Waals surface area contributed by atoms with Crippen LogP contribution in [0.3, 0.4) is 0 Å². The summed E-state index contributed by atoms with van der Waals surface area (Å²) in [4.78, 5) is 0. The lowest BCUT2D eigenvalue weighted by molar-refractivity contribution is 0.477. The van der Waals surface area contributed by atoms with E-state index in [1.807, 2.05) is 48.5 Å². The summed E-state index contributed by atoms with van der Waals surface area (Å²) in [5.41, 5.74) is 15.8. The van der Waals surface area contributed by atoms with Crippen LogP contribution in [0.1, 0.15) is 22.3 Å². The molecule has 4 aromatic rings. The number of phenolic OH excluding ortho intramolecular Hbond substituents is 2. The number of anilines is 2. The zero-order chi connectivity index (χ0) is 20.4. The van der Waals surface area contributed by atoms with E-state index in [9.17, 15) is 10.2 Å². The fourth-order valence-electron chi connectivity index (χ4n) is 3.95. The zero-order valence-electron chi connectivity index (χ0n) is 15.8. The first kappa shape index (κ1) is 18.4. The molecule has 0 bridgehead atoms. The van der Waals surface area contributed by atoms with Crippen LogP contribution < -0.4 is 11.5 Å². The maximum atomic E-state index is 10.0. The van der Waals surface area contributed by atoms with Crippen molar-refractivity contribution in [2.24, 2.45) is 0 Å². The predicted molar refractivity (Wildman–Crippen MR) is 117 cm³/mol. The molecule has 0 amide bonds. The van der Waals surface area contributed by atoms with E-state index in [1.165, 1.54) is 0 Å². The van der Waals surface area contributed by atoms with Crippen LogP contribution in [-0.4, -0.2) is 10.2 Å². The third kappa shape index (κ3) is 3.05. The normalized spacial score (nSPS) is 11.3. The number of rotatable bonds is 4. The molecule has 144 valence electrons. The van der Waals surface area contributed by atoms with Crippen LogP contribution in [-0.2, 0) is 5.41 Å². The summed E-state index contributed by atoms with van der Waals surface area (Å²) < 4.78 is 0. The Bertz CT molecular complexity index is 1050. The molecule has 0 saturated carbocycles. The van der Waals surface area contributed by atoms with Crippen molar-refractivity contribution in [3.63, 3.8) is 0 Å². The average molecular weight is 382 g/mol. The van der Waals surface area contributed by atoms with Crippen LogP contribution in [0.25, 0.3) is 0 Å². The lowest BCUT2D eigenvalue weighted by Crippen LogP contribution is -2.31. The molecule has 4 rings (SSSR count). The number of aromatic hydroxyl groups is 2. The van der Waals surface area contributed by atoms with Gasteiger partial charge in [-0.25, -0.2) is 0 Å². The summed E-state index contributed by atoms with van der Waals surface area (Å²) >= 11 is 0. The van der Waals surface area contributed by atoms with E-state index < -0.39 is 5.41 Å². The van der Waals surface area contributed by atoms with Gasteiger partial charge in [-0.3, -0.25) is 0 Å². The Hall–Kier alpha value is -3.92. The lowest BCUT2D eigenvalue weighted by Gasteiger charge is -2.37. The minimum Gasteiger partial charge on any atom is -0.506 e. The quantitative estimate of drug-likeness (QED) is 0.235. The molecule has 0 aliphatic heterocycles. The van der Waals surface area contributed by atoms with Gasteiger partial charge in [-0.15, -0.1) is 0 Å². The van der Waals surface area contributed by atoms with Gasteiger partial charge in [0, 0.05) is 0 Å². The molecule has 0 aromatic heterocycles. The minimum atomic E-state index is -0.744. The zero-order valence-corrected chi connectivity index (χ0v) is 15.8. The number of hydrogen-bond acceptors (Lipinski definition) is 4. The maximum absolute atomic E-state index is 10.0. The standard InChI is InChI=1S/C25H22N2O2/c26-21-15-19(11-13-23(21)28)25(17-7-3-1-4-8-17,18-9-5-2-6-10-18)20-12-14-24(29)22(27)16-20/h1-16,28-29H,26-27H2. The van der Waals surface area contributed by atoms with Crippen molar-refractivity contribution in [3.05, 3.63) is 119 Å². The molecular weight excluding hydrogens is 360 g/mol. The predicted octanol–water partition coefficient (Wildman–Crippen LogP) is 4.64. The van der Waals surface area contributed by atoms with Gasteiger partial charge in [-0.1, -0.05) is 72.8 Å². The number of phenols is 2. The molecular formula is C25H22N2O2. The molecule has 0 radical (unpaired) electrons. The van der Waals surface area contributed by atoms with Crippen molar-refractivity contribution >= 4 is 11.4 Å². The van der Waals surface area contributed by atoms with Crippen LogP contribution in [0.4, 0.5) is 11.4 Å². The summed E-state index contributed by atoms with van der Waals surface area (Å²) in [6.45, 7) is 0. The van der Waals surface area contributed by atoms with E-state index in [4.69, 9.17) is 11.5 Å². The van der Waals surface area contributed by atoms with Gasteiger partial charge >= 0.3 is 0 Å². The largest absolute Gasteiger partial charge is 0.506 e. The van der Waals surface area contributed by atoms with Crippen LogP contribution in [0, 0.1) is 0 Å². The number of benzene rings is 4. The van der Waals surface area contributed by atoms with Gasteiger partial charge in [-0.05, 0) is 46.5 Å². The Kier molecular flexibility index (Phi) is 4.61. The smallest absolute Gasteiger partial charge is 0.138 e. The summed E-state index contributed by atoms with van der Waals surface area (Å²) in [7, 11) is 0. The molecule has 0 aliphatic carbocycles. The highest BCUT2D eigenvalue weighted by Gasteiger charge is 2.38. The van der Waals surface area contributed by atoms with E-state index in [2.05, 4.69) is 24.3 Å². The Balaban J connectivity index is 2.16. The third-order valence-electron chi connectivity index (χ3n) is 5.33. The van der Waals surface area contributed by atoms with Crippen molar-refractivity contribution in [2.75, 3.05) is 11.5 Å². The van der Waals surface area contributed by atoms with E-state index in [0.29, 0.717) is 11.4 Å². The molecule has 0 unspecified atom stereocenters. The first-order chi connectivity index (χ1) is 14.0. The van der Waals surface area contributed by atoms with E-state index in [1.54, 1.807) is 24.3 Å². The highest BCUT2D eigenvalue weighted by atomic mass is 16.3. The van der Waals surface area contributed by atoms with Gasteiger partial charge in [0.15, 0.2) is 0 Å². The second kappa shape index (κ2) is 7.24. The maximum Gasteiger partial charge on any atom is 0.138 e. The second-order valence-corrected chi connectivity index (χ2v) is 7.03. The van der Waals surface area contributed by atoms with Crippen LogP contribution in [0.2, 0.25) is 0 Å². The minimum absolute atomic E-state index is 0.0361. The molecule has 0 atom stereocenters. The summed E-state index contributed by atoms with van der Waals surface area (Å²) in [6.07, 6.45) is 0. The first-order valence-electron chi connectivity index (χ1n) is 9.32. The molecule has 4 aromatic carbocycles. The lowest BCUT2D eigenvalue weighted by atomic mass is 9.65. The van der Waals surface area contributed by atoms with Crippen molar-refractivity contribution in [2.45, 2.75) is 5.41 Å². The molecule has 0 spiro atoms. The highest BCUT2D eigenvalue weighted by Crippen LogP contribution is 2.47. The number of nitrogen functional groups attached to an aromatic ring is 2. The van der Waals surface area contributed by atoms with Gasteiger partial charge in [-0.2, -0.15) is 0 Å². The third-order valence-corrected chi connectivity index (χ3v) is 5.33. The van der Waals surface area contributed by atoms with Gasteiger partial charge in [0.1, 0.15) is 11.5 Å². The summed E-state index contributed by atoms with van der Waals surface area (Å²) in [6, 6.07) is 30.6. The van der Waals surface area contributed by atoms with Crippen molar-refractivity contribution in [1.29, 1.82) is 0 Å². The fraction of sp³-hybridized carbons (Fsp3) is 0.0400. The van der Waals surface area contributed by atoms with Gasteiger partial charge in [0.25, 0.3) is 0 Å². The second-order valence-electron chi connectivity index (χ2n) is 7.03. The Morgan fingerprint density at radius 2 is 0.862 bits per heavy atom. The molecule has 0 heterocycles. The molecule has 0 aliphatic rings.